The standard InChI is InChI=1S/C12H18N4O2/c1-2-9-4-3-5-10(6-9)15-12-13-7-11(8-14-12)16(17)18/h7-10H,2-6H2,1H3,(H,13,14,15). The van der Waals surface area contributed by atoms with Gasteiger partial charge in [0.25, 0.3) is 0 Å². The summed E-state index contributed by atoms with van der Waals surface area (Å²) in [6.45, 7) is 2.22. The van der Waals surface area contributed by atoms with Crippen molar-refractivity contribution in [1.29, 1.82) is 0 Å². The van der Waals surface area contributed by atoms with Crippen LogP contribution in [-0.4, -0.2) is 20.9 Å². The molecule has 0 bridgehead atoms. The third kappa shape index (κ3) is 3.15. The van der Waals surface area contributed by atoms with Gasteiger partial charge in [-0.1, -0.05) is 26.2 Å². The molecule has 0 aromatic carbocycles. The van der Waals surface area contributed by atoms with Crippen LogP contribution in [0.15, 0.2) is 12.4 Å². The molecule has 6 nitrogen and oxygen atoms in total. The molecule has 0 aliphatic heterocycles. The minimum atomic E-state index is -0.489. The Morgan fingerprint density at radius 1 is 1.44 bits per heavy atom. The minimum Gasteiger partial charge on any atom is -0.351 e. The highest BCUT2D eigenvalue weighted by molar-refractivity contribution is 5.31. The van der Waals surface area contributed by atoms with E-state index in [0.29, 0.717) is 12.0 Å². The van der Waals surface area contributed by atoms with E-state index in [4.69, 9.17) is 0 Å². The van der Waals surface area contributed by atoms with E-state index in [9.17, 15) is 10.1 Å². The van der Waals surface area contributed by atoms with E-state index in [2.05, 4.69) is 22.2 Å². The molecule has 1 heterocycles. The lowest BCUT2D eigenvalue weighted by molar-refractivity contribution is -0.385. The van der Waals surface area contributed by atoms with Crippen LogP contribution in [0, 0.1) is 16.0 Å². The Bertz CT molecular complexity index is 407. The zero-order chi connectivity index (χ0) is 13.0. The summed E-state index contributed by atoms with van der Waals surface area (Å²) in [6, 6.07) is 0.394. The van der Waals surface area contributed by atoms with Gasteiger partial charge in [0, 0.05) is 6.04 Å². The van der Waals surface area contributed by atoms with Crippen LogP contribution in [0.2, 0.25) is 0 Å². The van der Waals surface area contributed by atoms with E-state index >= 15 is 0 Å². The highest BCUT2D eigenvalue weighted by Gasteiger charge is 2.21. The van der Waals surface area contributed by atoms with E-state index < -0.39 is 4.92 Å². The molecule has 1 aromatic heterocycles. The molecule has 6 heteroatoms. The number of rotatable bonds is 4. The van der Waals surface area contributed by atoms with Crippen LogP contribution in [0.1, 0.15) is 39.0 Å². The number of nitrogens with one attached hydrogen (secondary N) is 1. The van der Waals surface area contributed by atoms with Crippen molar-refractivity contribution in [2.24, 2.45) is 5.92 Å². The van der Waals surface area contributed by atoms with Crippen LogP contribution < -0.4 is 5.32 Å². The number of nitro groups is 1. The Morgan fingerprint density at radius 3 is 2.78 bits per heavy atom. The number of hydrogen-bond donors (Lipinski definition) is 1. The number of hydrogen-bond acceptors (Lipinski definition) is 5. The van der Waals surface area contributed by atoms with Crippen molar-refractivity contribution in [2.45, 2.75) is 45.1 Å². The van der Waals surface area contributed by atoms with Gasteiger partial charge in [-0.05, 0) is 18.8 Å². The normalized spacial score (nSPS) is 23.6. The quantitative estimate of drug-likeness (QED) is 0.656. The van der Waals surface area contributed by atoms with Crippen molar-refractivity contribution in [3.8, 4) is 0 Å². The number of aromatic nitrogens is 2. The lowest BCUT2D eigenvalue weighted by Gasteiger charge is -2.28. The molecular formula is C12H18N4O2. The molecule has 2 rings (SSSR count). The first-order valence-corrected chi connectivity index (χ1v) is 6.42. The average Bonchev–Trinajstić information content (AvgIpc) is 2.39. The minimum absolute atomic E-state index is 0.0735. The second kappa shape index (κ2) is 5.75. The fourth-order valence-corrected chi connectivity index (χ4v) is 2.47. The summed E-state index contributed by atoms with van der Waals surface area (Å²) < 4.78 is 0. The fourth-order valence-electron chi connectivity index (χ4n) is 2.47. The average molecular weight is 250 g/mol. The summed E-state index contributed by atoms with van der Waals surface area (Å²) in [5.74, 6) is 1.26. The summed E-state index contributed by atoms with van der Waals surface area (Å²) in [4.78, 5) is 18.0. The van der Waals surface area contributed by atoms with E-state index in [-0.39, 0.29) is 5.69 Å². The Kier molecular flexibility index (Phi) is 4.07. The molecule has 1 saturated carbocycles. The van der Waals surface area contributed by atoms with Gasteiger partial charge in [-0.25, -0.2) is 9.97 Å². The molecular weight excluding hydrogens is 232 g/mol. The first kappa shape index (κ1) is 12.7. The third-order valence-corrected chi connectivity index (χ3v) is 3.54. The molecule has 1 aliphatic carbocycles. The summed E-state index contributed by atoms with van der Waals surface area (Å²) in [5, 5.41) is 13.8. The first-order chi connectivity index (χ1) is 8.69. The maximum atomic E-state index is 10.5. The lowest BCUT2D eigenvalue weighted by atomic mass is 9.84. The van der Waals surface area contributed by atoms with Gasteiger partial charge in [-0.2, -0.15) is 0 Å². The van der Waals surface area contributed by atoms with Gasteiger partial charge in [0.05, 0.1) is 4.92 Å². The predicted molar refractivity (Wildman–Crippen MR) is 68.3 cm³/mol. The predicted octanol–water partition coefficient (Wildman–Crippen LogP) is 2.77. The van der Waals surface area contributed by atoms with Crippen molar-refractivity contribution < 1.29 is 4.92 Å². The molecule has 2 atom stereocenters. The highest BCUT2D eigenvalue weighted by Crippen LogP contribution is 2.28. The van der Waals surface area contributed by atoms with Crippen LogP contribution in [-0.2, 0) is 0 Å². The monoisotopic (exact) mass is 250 g/mol. The summed E-state index contributed by atoms with van der Waals surface area (Å²) in [5.41, 5.74) is -0.0735. The van der Waals surface area contributed by atoms with Crippen LogP contribution in [0.25, 0.3) is 0 Å². The first-order valence-electron chi connectivity index (χ1n) is 6.42. The van der Waals surface area contributed by atoms with E-state index in [0.717, 1.165) is 18.8 Å². The van der Waals surface area contributed by atoms with Crippen molar-refractivity contribution in [2.75, 3.05) is 5.32 Å². The van der Waals surface area contributed by atoms with Crippen LogP contribution >= 0.6 is 0 Å². The SMILES string of the molecule is CCC1CCCC(Nc2ncc([N+](=O)[O-])cn2)C1. The van der Waals surface area contributed by atoms with Gasteiger partial charge in [-0.15, -0.1) is 0 Å². The molecule has 1 fully saturated rings. The molecule has 98 valence electrons. The van der Waals surface area contributed by atoms with Crippen molar-refractivity contribution in [3.63, 3.8) is 0 Å². The molecule has 0 saturated heterocycles. The fraction of sp³-hybridized carbons (Fsp3) is 0.667. The summed E-state index contributed by atoms with van der Waals surface area (Å²) in [7, 11) is 0. The Labute approximate surface area is 106 Å². The largest absolute Gasteiger partial charge is 0.351 e. The number of nitrogens with zero attached hydrogens (tertiary/aromatic N) is 3. The van der Waals surface area contributed by atoms with Gasteiger partial charge in [-0.3, -0.25) is 10.1 Å². The maximum Gasteiger partial charge on any atom is 0.305 e. The van der Waals surface area contributed by atoms with E-state index in [1.807, 2.05) is 0 Å². The summed E-state index contributed by atoms with van der Waals surface area (Å²) in [6.07, 6.45) is 8.48. The molecule has 1 aromatic rings. The molecule has 1 aliphatic rings. The van der Waals surface area contributed by atoms with Gasteiger partial charge in [0.2, 0.25) is 5.95 Å². The van der Waals surface area contributed by atoms with Crippen LogP contribution in [0.3, 0.4) is 0 Å². The van der Waals surface area contributed by atoms with E-state index in [1.54, 1.807) is 0 Å². The Balaban J connectivity index is 1.94. The van der Waals surface area contributed by atoms with Crippen molar-refractivity contribution in [3.05, 3.63) is 22.5 Å². The van der Waals surface area contributed by atoms with Crippen LogP contribution in [0.5, 0.6) is 0 Å². The zero-order valence-electron chi connectivity index (χ0n) is 10.5. The Morgan fingerprint density at radius 2 is 2.17 bits per heavy atom. The van der Waals surface area contributed by atoms with Crippen molar-refractivity contribution in [1.82, 2.24) is 9.97 Å². The van der Waals surface area contributed by atoms with Crippen LogP contribution in [0.4, 0.5) is 11.6 Å². The van der Waals surface area contributed by atoms with Gasteiger partial charge in [0.1, 0.15) is 12.4 Å². The zero-order valence-corrected chi connectivity index (χ0v) is 10.5. The van der Waals surface area contributed by atoms with E-state index in [1.165, 1.54) is 31.7 Å². The second-order valence-electron chi connectivity index (χ2n) is 4.80. The lowest BCUT2D eigenvalue weighted by Crippen LogP contribution is -2.27. The van der Waals surface area contributed by atoms with Gasteiger partial charge >= 0.3 is 5.69 Å². The van der Waals surface area contributed by atoms with Gasteiger partial charge < -0.3 is 5.32 Å². The topological polar surface area (TPSA) is 81.0 Å². The number of anilines is 1. The smallest absolute Gasteiger partial charge is 0.305 e. The Hall–Kier alpha value is -1.72. The maximum absolute atomic E-state index is 10.5. The molecule has 0 radical (unpaired) electrons. The second-order valence-corrected chi connectivity index (χ2v) is 4.80. The molecule has 1 N–H and O–H groups in total. The molecule has 18 heavy (non-hydrogen) atoms. The molecule has 0 amide bonds. The molecule has 0 spiro atoms. The highest BCUT2D eigenvalue weighted by atomic mass is 16.6. The van der Waals surface area contributed by atoms with Crippen molar-refractivity contribution >= 4 is 11.6 Å². The summed E-state index contributed by atoms with van der Waals surface area (Å²) >= 11 is 0. The van der Waals surface area contributed by atoms with Gasteiger partial charge in [0.15, 0.2) is 0 Å². The molecule has 2 unspecified atom stereocenters. The third-order valence-electron chi connectivity index (χ3n) is 3.54.